The number of anilines is 1. The molecule has 0 radical (unpaired) electrons. The van der Waals surface area contributed by atoms with E-state index in [9.17, 15) is 13.2 Å². The molecule has 0 aliphatic heterocycles. The van der Waals surface area contributed by atoms with Gasteiger partial charge in [-0.2, -0.15) is 0 Å². The Hall–Kier alpha value is -3.16. The Morgan fingerprint density at radius 2 is 1.62 bits per heavy atom. The minimum Gasteiger partial charge on any atom is -0.492 e. The van der Waals surface area contributed by atoms with E-state index in [-0.39, 0.29) is 16.8 Å². The van der Waals surface area contributed by atoms with Gasteiger partial charge in [-0.1, -0.05) is 48.5 Å². The molecule has 0 unspecified atom stereocenters. The molecule has 2 N–H and O–H groups in total. The van der Waals surface area contributed by atoms with Gasteiger partial charge < -0.3 is 10.1 Å². The Balaban J connectivity index is 1.75. The summed E-state index contributed by atoms with van der Waals surface area (Å²) >= 11 is 0. The van der Waals surface area contributed by atoms with Gasteiger partial charge in [-0.05, 0) is 62.6 Å². The zero-order valence-corrected chi connectivity index (χ0v) is 19.1. The van der Waals surface area contributed by atoms with Gasteiger partial charge in [-0.15, -0.1) is 0 Å². The van der Waals surface area contributed by atoms with Crippen molar-refractivity contribution in [3.63, 3.8) is 0 Å². The molecular formula is C25H28N2O4S. The highest BCUT2D eigenvalue weighted by molar-refractivity contribution is 7.89. The van der Waals surface area contributed by atoms with Crippen molar-refractivity contribution in [1.29, 1.82) is 0 Å². The average molecular weight is 453 g/mol. The molecule has 1 amide bonds. The Bertz CT molecular complexity index is 1130. The maximum Gasteiger partial charge on any atom is 0.255 e. The molecule has 3 aromatic rings. The van der Waals surface area contributed by atoms with Crippen LogP contribution in [0.2, 0.25) is 0 Å². The average Bonchev–Trinajstić information content (AvgIpc) is 2.80. The predicted octanol–water partition coefficient (Wildman–Crippen LogP) is 4.64. The first-order valence-corrected chi connectivity index (χ1v) is 12.1. The third-order valence-corrected chi connectivity index (χ3v) is 6.50. The van der Waals surface area contributed by atoms with Gasteiger partial charge in [0, 0.05) is 11.6 Å². The molecule has 0 saturated carbocycles. The van der Waals surface area contributed by atoms with Crippen molar-refractivity contribution in [2.75, 3.05) is 11.9 Å². The van der Waals surface area contributed by atoms with Gasteiger partial charge in [-0.25, -0.2) is 13.1 Å². The lowest BCUT2D eigenvalue weighted by Gasteiger charge is -2.17. The molecule has 0 saturated heterocycles. The van der Waals surface area contributed by atoms with Crippen LogP contribution in [0.1, 0.15) is 36.2 Å². The van der Waals surface area contributed by atoms with E-state index >= 15 is 0 Å². The summed E-state index contributed by atoms with van der Waals surface area (Å²) < 4.78 is 34.2. The number of carbonyl (C=O) groups excluding carboxylic acids is 1. The van der Waals surface area contributed by atoms with Crippen LogP contribution in [0.5, 0.6) is 5.75 Å². The molecule has 7 heteroatoms. The number of benzene rings is 3. The fraction of sp³-hybridized carbons (Fsp3) is 0.240. The lowest BCUT2D eigenvalue weighted by Crippen LogP contribution is -2.33. The van der Waals surface area contributed by atoms with Crippen LogP contribution in [-0.4, -0.2) is 27.0 Å². The van der Waals surface area contributed by atoms with Crippen LogP contribution >= 0.6 is 0 Å². The van der Waals surface area contributed by atoms with Gasteiger partial charge >= 0.3 is 0 Å². The monoisotopic (exact) mass is 452 g/mol. The van der Waals surface area contributed by atoms with Gasteiger partial charge in [-0.3, -0.25) is 4.79 Å². The zero-order valence-electron chi connectivity index (χ0n) is 18.2. The number of hydrogen-bond acceptors (Lipinski definition) is 4. The minimum absolute atomic E-state index is 0.0656. The lowest BCUT2D eigenvalue weighted by atomic mass is 10.1. The largest absolute Gasteiger partial charge is 0.492 e. The molecule has 3 aromatic carbocycles. The standard InChI is InChI=1S/C25H28N2O4S/c1-3-31-24-17-16-22(18-23(24)26-25(28)21-12-8-5-9-13-21)32(29,30)27-19(2)14-15-20-10-6-4-7-11-20/h4-13,16-19,27H,3,14-15H2,1-2H3,(H,26,28)/t19-/m1/s1. The number of nitrogens with one attached hydrogen (secondary N) is 2. The summed E-state index contributed by atoms with van der Waals surface area (Å²) in [5.74, 6) is 0.0677. The molecule has 0 aliphatic carbocycles. The van der Waals surface area contributed by atoms with Crippen molar-refractivity contribution in [1.82, 2.24) is 4.72 Å². The zero-order chi connectivity index (χ0) is 23.0. The van der Waals surface area contributed by atoms with Crippen molar-refractivity contribution in [3.05, 3.63) is 90.0 Å². The molecule has 0 aliphatic rings. The van der Waals surface area contributed by atoms with Crippen molar-refractivity contribution in [2.45, 2.75) is 37.6 Å². The number of hydrogen-bond donors (Lipinski definition) is 2. The molecule has 0 heterocycles. The molecule has 0 spiro atoms. The second kappa shape index (κ2) is 10.9. The summed E-state index contributed by atoms with van der Waals surface area (Å²) in [4.78, 5) is 12.7. The van der Waals surface area contributed by atoms with Crippen molar-refractivity contribution >= 4 is 21.6 Å². The van der Waals surface area contributed by atoms with Crippen LogP contribution in [0.15, 0.2) is 83.8 Å². The minimum atomic E-state index is -3.78. The van der Waals surface area contributed by atoms with Gasteiger partial charge in [0.1, 0.15) is 5.75 Å². The van der Waals surface area contributed by atoms with Gasteiger partial charge in [0.25, 0.3) is 5.91 Å². The lowest BCUT2D eigenvalue weighted by molar-refractivity contribution is 0.102. The summed E-state index contributed by atoms with van der Waals surface area (Å²) in [5, 5.41) is 2.77. The Morgan fingerprint density at radius 3 is 2.28 bits per heavy atom. The summed E-state index contributed by atoms with van der Waals surface area (Å²) in [6.45, 7) is 4.05. The number of rotatable bonds is 10. The van der Waals surface area contributed by atoms with E-state index in [1.165, 1.54) is 12.1 Å². The summed E-state index contributed by atoms with van der Waals surface area (Å²) in [6.07, 6.45) is 1.43. The van der Waals surface area contributed by atoms with Crippen LogP contribution < -0.4 is 14.8 Å². The van der Waals surface area contributed by atoms with Crippen LogP contribution in [-0.2, 0) is 16.4 Å². The second-order valence-corrected chi connectivity index (χ2v) is 9.17. The van der Waals surface area contributed by atoms with E-state index in [1.807, 2.05) is 50.2 Å². The smallest absolute Gasteiger partial charge is 0.255 e. The topological polar surface area (TPSA) is 84.5 Å². The molecule has 6 nitrogen and oxygen atoms in total. The van der Waals surface area contributed by atoms with E-state index in [4.69, 9.17) is 4.74 Å². The van der Waals surface area contributed by atoms with Crippen molar-refractivity contribution < 1.29 is 17.9 Å². The number of ether oxygens (including phenoxy) is 1. The molecule has 3 rings (SSSR count). The Morgan fingerprint density at radius 1 is 0.969 bits per heavy atom. The molecule has 32 heavy (non-hydrogen) atoms. The maximum absolute atomic E-state index is 13.0. The number of sulfonamides is 1. The second-order valence-electron chi connectivity index (χ2n) is 7.46. The fourth-order valence-electron chi connectivity index (χ4n) is 3.26. The molecule has 0 aromatic heterocycles. The molecule has 0 bridgehead atoms. The molecule has 0 fully saturated rings. The van der Waals surface area contributed by atoms with Gasteiger partial charge in [0.15, 0.2) is 0 Å². The quantitative estimate of drug-likeness (QED) is 0.469. The van der Waals surface area contributed by atoms with Crippen molar-refractivity contribution in [3.8, 4) is 5.75 Å². The first-order valence-electron chi connectivity index (χ1n) is 10.6. The van der Waals surface area contributed by atoms with E-state index < -0.39 is 10.0 Å². The van der Waals surface area contributed by atoms with E-state index in [2.05, 4.69) is 10.0 Å². The third kappa shape index (κ3) is 6.42. The predicted molar refractivity (Wildman–Crippen MR) is 127 cm³/mol. The van der Waals surface area contributed by atoms with E-state index in [0.717, 1.165) is 12.0 Å². The molecular weight excluding hydrogens is 424 g/mol. The van der Waals surface area contributed by atoms with E-state index in [0.29, 0.717) is 30.0 Å². The number of carbonyl (C=O) groups is 1. The van der Waals surface area contributed by atoms with Crippen LogP contribution in [0.4, 0.5) is 5.69 Å². The highest BCUT2D eigenvalue weighted by atomic mass is 32.2. The summed E-state index contributed by atoms with van der Waals surface area (Å²) in [7, 11) is -3.78. The third-order valence-electron chi connectivity index (χ3n) is 4.91. The van der Waals surface area contributed by atoms with Crippen LogP contribution in [0.3, 0.4) is 0 Å². The van der Waals surface area contributed by atoms with Gasteiger partial charge in [0.2, 0.25) is 10.0 Å². The Kier molecular flexibility index (Phi) is 8.03. The highest BCUT2D eigenvalue weighted by Gasteiger charge is 2.20. The summed E-state index contributed by atoms with van der Waals surface area (Å²) in [5.41, 5.74) is 1.93. The van der Waals surface area contributed by atoms with Crippen molar-refractivity contribution in [2.24, 2.45) is 0 Å². The first kappa shape index (κ1) is 23.5. The summed E-state index contributed by atoms with van der Waals surface area (Å²) in [6, 6.07) is 22.9. The SMILES string of the molecule is CCOc1ccc(S(=O)(=O)N[C@H](C)CCc2ccccc2)cc1NC(=O)c1ccccc1. The van der Waals surface area contributed by atoms with Crippen LogP contribution in [0.25, 0.3) is 0 Å². The van der Waals surface area contributed by atoms with E-state index in [1.54, 1.807) is 30.3 Å². The number of amides is 1. The normalized spacial score (nSPS) is 12.2. The maximum atomic E-state index is 13.0. The molecule has 168 valence electrons. The Labute approximate surface area is 189 Å². The highest BCUT2D eigenvalue weighted by Crippen LogP contribution is 2.28. The number of aryl methyl sites for hydroxylation is 1. The van der Waals surface area contributed by atoms with Crippen LogP contribution in [0, 0.1) is 0 Å². The van der Waals surface area contributed by atoms with Gasteiger partial charge in [0.05, 0.1) is 17.2 Å². The molecule has 1 atom stereocenters. The fourth-order valence-corrected chi connectivity index (χ4v) is 4.56. The first-order chi connectivity index (χ1) is 15.4.